The van der Waals surface area contributed by atoms with Crippen LogP contribution < -0.4 is 5.32 Å². The molecule has 1 aliphatic heterocycles. The Morgan fingerprint density at radius 2 is 1.84 bits per heavy atom. The minimum atomic E-state index is -4.05. The van der Waals surface area contributed by atoms with Gasteiger partial charge in [0.15, 0.2) is 5.03 Å². The van der Waals surface area contributed by atoms with E-state index in [9.17, 15) is 22.0 Å². The summed E-state index contributed by atoms with van der Waals surface area (Å²) in [6.45, 7) is 3.15. The molecule has 0 spiro atoms. The summed E-state index contributed by atoms with van der Waals surface area (Å²) in [5, 5.41) is 2.78. The summed E-state index contributed by atoms with van der Waals surface area (Å²) in [4.78, 5) is 21.3. The van der Waals surface area contributed by atoms with Gasteiger partial charge in [-0.05, 0) is 18.8 Å². The first-order chi connectivity index (χ1) is 15.1. The third kappa shape index (κ3) is 4.50. The highest BCUT2D eigenvalue weighted by Crippen LogP contribution is 2.33. The molecule has 0 radical (unpaired) electrons. The van der Waals surface area contributed by atoms with Gasteiger partial charge in [0, 0.05) is 37.9 Å². The fourth-order valence-corrected chi connectivity index (χ4v) is 6.26. The van der Waals surface area contributed by atoms with E-state index in [0.29, 0.717) is 17.2 Å². The van der Waals surface area contributed by atoms with Crippen LogP contribution in [0.2, 0.25) is 0 Å². The van der Waals surface area contributed by atoms with Crippen molar-refractivity contribution in [1.82, 2.24) is 18.7 Å². The molecule has 0 bridgehead atoms. The predicted octanol–water partition coefficient (Wildman–Crippen LogP) is 3.79. The van der Waals surface area contributed by atoms with Crippen LogP contribution in [0.4, 0.5) is 14.6 Å². The second kappa shape index (κ2) is 8.66. The molecule has 2 aromatic rings. The lowest BCUT2D eigenvalue weighted by Gasteiger charge is -2.31. The lowest BCUT2D eigenvalue weighted by Crippen LogP contribution is -2.43. The number of fused-ring (bicyclic) bond motifs is 1. The number of carbonyl (C=O) groups is 1. The van der Waals surface area contributed by atoms with Gasteiger partial charge in [0.1, 0.15) is 17.8 Å². The molecule has 176 valence electrons. The van der Waals surface area contributed by atoms with Crippen molar-refractivity contribution < 1.29 is 22.0 Å². The number of carbonyl (C=O) groups excluding carboxylic acids is 1. The first kappa shape index (κ1) is 23.0. The Hall–Kier alpha value is -2.14. The quantitative estimate of drug-likeness (QED) is 0.719. The number of halogens is 2. The summed E-state index contributed by atoms with van der Waals surface area (Å²) >= 11 is 0. The van der Waals surface area contributed by atoms with E-state index in [-0.39, 0.29) is 35.9 Å². The van der Waals surface area contributed by atoms with Crippen molar-refractivity contribution >= 4 is 27.4 Å². The van der Waals surface area contributed by atoms with E-state index in [1.807, 2.05) is 13.8 Å². The molecule has 2 fully saturated rings. The number of anilines is 1. The van der Waals surface area contributed by atoms with Crippen molar-refractivity contribution in [3.05, 3.63) is 18.1 Å². The summed E-state index contributed by atoms with van der Waals surface area (Å²) in [5.41, 5.74) is 0.684. The Morgan fingerprint density at radius 3 is 2.47 bits per heavy atom. The molecule has 1 saturated carbocycles. The van der Waals surface area contributed by atoms with Gasteiger partial charge < -0.3 is 5.32 Å². The molecule has 11 heteroatoms. The number of hydrogen-bond donors (Lipinski definition) is 1. The Kier molecular flexibility index (Phi) is 6.23. The Morgan fingerprint density at radius 1 is 1.19 bits per heavy atom. The number of aromatic nitrogens is 3. The molecule has 0 unspecified atom stereocenters. The van der Waals surface area contributed by atoms with Gasteiger partial charge in [0.2, 0.25) is 5.91 Å². The van der Waals surface area contributed by atoms with E-state index >= 15 is 0 Å². The number of alkyl halides is 2. The summed E-state index contributed by atoms with van der Waals surface area (Å²) in [6.07, 6.45) is 5.24. The number of imidazole rings is 1. The Labute approximate surface area is 186 Å². The van der Waals surface area contributed by atoms with Crippen molar-refractivity contribution in [2.24, 2.45) is 5.92 Å². The molecule has 1 aliphatic carbocycles. The highest BCUT2D eigenvalue weighted by molar-refractivity contribution is 7.89. The van der Waals surface area contributed by atoms with Gasteiger partial charge in [0.25, 0.3) is 15.9 Å². The molecule has 0 aromatic carbocycles. The number of rotatable bonds is 5. The molecule has 32 heavy (non-hydrogen) atoms. The smallest absolute Gasteiger partial charge is 0.261 e. The first-order valence-electron chi connectivity index (χ1n) is 11.2. The SMILES string of the molecule is CC(C)c1nc2cc(NC(=O)C3CCCCC3)ncn2c1S(=O)(=O)N1CCC(F)(F)CC1. The molecule has 8 nitrogen and oxygen atoms in total. The normalized spacial score (nSPS) is 20.7. The van der Waals surface area contributed by atoms with Crippen LogP contribution in [0.25, 0.3) is 5.65 Å². The lowest BCUT2D eigenvalue weighted by molar-refractivity contribution is -0.120. The molecule has 4 rings (SSSR count). The Bertz CT molecular complexity index is 1100. The molecule has 2 aromatic heterocycles. The van der Waals surface area contributed by atoms with Gasteiger partial charge in [-0.2, -0.15) is 4.31 Å². The lowest BCUT2D eigenvalue weighted by atomic mass is 9.89. The molecule has 2 aliphatic rings. The van der Waals surface area contributed by atoms with Gasteiger partial charge in [-0.1, -0.05) is 33.1 Å². The van der Waals surface area contributed by atoms with Crippen LogP contribution in [-0.4, -0.2) is 52.0 Å². The average Bonchev–Trinajstić information content (AvgIpc) is 3.14. The third-order valence-corrected chi connectivity index (χ3v) is 8.25. The van der Waals surface area contributed by atoms with E-state index in [0.717, 1.165) is 36.4 Å². The van der Waals surface area contributed by atoms with Crippen LogP contribution in [-0.2, 0) is 14.8 Å². The first-order valence-corrected chi connectivity index (χ1v) is 12.6. The van der Waals surface area contributed by atoms with Crippen LogP contribution in [0.5, 0.6) is 0 Å². The topological polar surface area (TPSA) is 96.7 Å². The average molecular weight is 470 g/mol. The molecule has 3 heterocycles. The van der Waals surface area contributed by atoms with E-state index in [1.54, 1.807) is 6.07 Å². The maximum Gasteiger partial charge on any atom is 0.261 e. The monoisotopic (exact) mass is 469 g/mol. The largest absolute Gasteiger partial charge is 0.310 e. The molecule has 1 amide bonds. The number of piperidine rings is 1. The fourth-order valence-electron chi connectivity index (χ4n) is 4.42. The molecule has 1 saturated heterocycles. The predicted molar refractivity (Wildman–Crippen MR) is 115 cm³/mol. The van der Waals surface area contributed by atoms with Crippen molar-refractivity contribution in [3.63, 3.8) is 0 Å². The van der Waals surface area contributed by atoms with E-state index < -0.39 is 28.8 Å². The van der Waals surface area contributed by atoms with Gasteiger partial charge in [-0.25, -0.2) is 27.2 Å². The highest BCUT2D eigenvalue weighted by Gasteiger charge is 2.41. The van der Waals surface area contributed by atoms with Crippen molar-refractivity contribution in [3.8, 4) is 0 Å². The number of nitrogens with one attached hydrogen (secondary N) is 1. The molecule has 0 atom stereocenters. The van der Waals surface area contributed by atoms with Crippen LogP contribution in [0.1, 0.15) is 70.4 Å². The van der Waals surface area contributed by atoms with Crippen molar-refractivity contribution in [1.29, 1.82) is 0 Å². The maximum absolute atomic E-state index is 13.6. The van der Waals surface area contributed by atoms with Crippen LogP contribution in [0.15, 0.2) is 17.4 Å². The number of sulfonamides is 1. The van der Waals surface area contributed by atoms with Crippen molar-refractivity contribution in [2.45, 2.75) is 75.7 Å². The zero-order chi connectivity index (χ0) is 23.1. The van der Waals surface area contributed by atoms with E-state index in [2.05, 4.69) is 15.3 Å². The zero-order valence-electron chi connectivity index (χ0n) is 18.4. The third-order valence-electron chi connectivity index (χ3n) is 6.31. The van der Waals surface area contributed by atoms with E-state index in [1.165, 1.54) is 10.7 Å². The minimum absolute atomic E-state index is 0.0408. The summed E-state index contributed by atoms with van der Waals surface area (Å²) < 4.78 is 56.4. The minimum Gasteiger partial charge on any atom is -0.310 e. The zero-order valence-corrected chi connectivity index (χ0v) is 19.2. The maximum atomic E-state index is 13.6. The number of amides is 1. The molecule has 1 N–H and O–H groups in total. The number of nitrogens with zero attached hydrogens (tertiary/aromatic N) is 4. The summed E-state index contributed by atoms with van der Waals surface area (Å²) in [6, 6.07) is 1.55. The molecular formula is C21H29F2N5O3S. The van der Waals surface area contributed by atoms with Crippen LogP contribution in [0.3, 0.4) is 0 Å². The second-order valence-corrected chi connectivity index (χ2v) is 10.9. The summed E-state index contributed by atoms with van der Waals surface area (Å²) in [5.74, 6) is -2.87. The Balaban J connectivity index is 1.65. The van der Waals surface area contributed by atoms with Gasteiger partial charge in [-0.3, -0.25) is 9.20 Å². The second-order valence-electron chi connectivity index (χ2n) is 9.04. The van der Waals surface area contributed by atoms with Crippen LogP contribution in [0, 0.1) is 5.92 Å². The highest BCUT2D eigenvalue weighted by atomic mass is 32.2. The van der Waals surface area contributed by atoms with Gasteiger partial charge >= 0.3 is 0 Å². The molecular weight excluding hydrogens is 440 g/mol. The standard InChI is InChI=1S/C21H29F2N5O3S/c1-14(2)18-20(32(30,31)27-10-8-21(22,23)9-11-27)28-13-24-16(12-17(28)26-18)25-19(29)15-6-4-3-5-7-15/h12-15H,3-11H2,1-2H3,(H,25,29). The van der Waals surface area contributed by atoms with Gasteiger partial charge in [-0.15, -0.1) is 0 Å². The van der Waals surface area contributed by atoms with Crippen LogP contribution >= 0.6 is 0 Å². The summed E-state index contributed by atoms with van der Waals surface area (Å²) in [7, 11) is -4.05. The van der Waals surface area contributed by atoms with Gasteiger partial charge in [0.05, 0.1) is 5.69 Å². The fraction of sp³-hybridized carbons (Fsp3) is 0.667. The van der Waals surface area contributed by atoms with Crippen molar-refractivity contribution in [2.75, 3.05) is 18.4 Å². The van der Waals surface area contributed by atoms with E-state index in [4.69, 9.17) is 0 Å². The number of hydrogen-bond acceptors (Lipinski definition) is 5.